The van der Waals surface area contributed by atoms with E-state index in [-0.39, 0.29) is 0 Å². The summed E-state index contributed by atoms with van der Waals surface area (Å²) in [6.45, 7) is 4.77. The maximum absolute atomic E-state index is 8.92. The smallest absolute Gasteiger partial charge is 0.0441 e. The molecule has 4 atom stereocenters. The van der Waals surface area contributed by atoms with Crippen LogP contribution in [-0.2, 0) is 0 Å². The van der Waals surface area contributed by atoms with Crippen LogP contribution in [0, 0.1) is 5.92 Å². The summed E-state index contributed by atoms with van der Waals surface area (Å²) in [5, 5.41) is 10.1. The van der Waals surface area contributed by atoms with Gasteiger partial charge in [0.1, 0.15) is 0 Å². The maximum atomic E-state index is 8.92. The zero-order chi connectivity index (χ0) is 12.0. The van der Waals surface area contributed by atoms with Crippen molar-refractivity contribution >= 4 is 11.8 Å². The van der Waals surface area contributed by atoms with Crippen LogP contribution in [0.3, 0.4) is 0 Å². The zero-order valence-corrected chi connectivity index (χ0v) is 11.5. The first-order valence-electron chi connectivity index (χ1n) is 6.69. The van der Waals surface area contributed by atoms with E-state index in [1.165, 1.54) is 32.1 Å². The largest absolute Gasteiger partial charge is 0.396 e. The maximum Gasteiger partial charge on any atom is 0.0441 e. The molecule has 0 radical (unpaired) electrons. The van der Waals surface area contributed by atoms with Crippen molar-refractivity contribution in [3.8, 4) is 0 Å². The lowest BCUT2D eigenvalue weighted by Crippen LogP contribution is -2.39. The monoisotopic (exact) mass is 245 g/mol. The van der Waals surface area contributed by atoms with Gasteiger partial charge in [0.05, 0.1) is 0 Å². The number of hydrogen-bond acceptors (Lipinski definition) is 3. The van der Waals surface area contributed by atoms with Crippen LogP contribution in [0.5, 0.6) is 0 Å². The first kappa shape index (κ1) is 14.3. The first-order chi connectivity index (χ1) is 7.67. The van der Waals surface area contributed by atoms with Crippen LogP contribution < -0.4 is 5.73 Å². The Kier molecular flexibility index (Phi) is 6.78. The molecule has 1 fully saturated rings. The van der Waals surface area contributed by atoms with Gasteiger partial charge in [0.15, 0.2) is 0 Å². The van der Waals surface area contributed by atoms with Gasteiger partial charge in [-0.1, -0.05) is 26.7 Å². The van der Waals surface area contributed by atoms with Crippen molar-refractivity contribution in [2.45, 2.75) is 68.9 Å². The van der Waals surface area contributed by atoms with Gasteiger partial charge in [0, 0.05) is 23.1 Å². The summed E-state index contributed by atoms with van der Waals surface area (Å²) in [5.41, 5.74) is 6.20. The van der Waals surface area contributed by atoms with Gasteiger partial charge < -0.3 is 10.8 Å². The van der Waals surface area contributed by atoms with E-state index < -0.39 is 0 Å². The number of aliphatic hydroxyl groups is 1. The van der Waals surface area contributed by atoms with Gasteiger partial charge in [0.25, 0.3) is 0 Å². The molecule has 4 unspecified atom stereocenters. The molecule has 0 aromatic carbocycles. The van der Waals surface area contributed by atoms with E-state index in [9.17, 15) is 0 Å². The van der Waals surface area contributed by atoms with Crippen LogP contribution in [0.1, 0.15) is 52.4 Å². The number of aliphatic hydroxyl groups excluding tert-OH is 1. The molecule has 3 heteroatoms. The Morgan fingerprint density at radius 1 is 1.44 bits per heavy atom. The molecule has 0 bridgehead atoms. The quantitative estimate of drug-likeness (QED) is 0.756. The first-order valence-corrected chi connectivity index (χ1v) is 7.63. The molecule has 0 aromatic rings. The number of rotatable bonds is 6. The van der Waals surface area contributed by atoms with Crippen LogP contribution >= 0.6 is 11.8 Å². The van der Waals surface area contributed by atoms with E-state index in [0.29, 0.717) is 23.1 Å². The highest BCUT2D eigenvalue weighted by molar-refractivity contribution is 8.00. The van der Waals surface area contributed by atoms with Crippen molar-refractivity contribution in [1.29, 1.82) is 0 Å². The van der Waals surface area contributed by atoms with E-state index in [2.05, 4.69) is 13.8 Å². The number of nitrogens with two attached hydrogens (primary N) is 1. The zero-order valence-electron chi connectivity index (χ0n) is 10.7. The SMILES string of the molecule is CCCC1CCC(N)C(SC(C)CCO)C1. The van der Waals surface area contributed by atoms with Crippen LogP contribution in [-0.4, -0.2) is 28.3 Å². The van der Waals surface area contributed by atoms with E-state index in [1.807, 2.05) is 11.8 Å². The highest BCUT2D eigenvalue weighted by Gasteiger charge is 2.29. The minimum atomic E-state index is 0.300. The van der Waals surface area contributed by atoms with Gasteiger partial charge in [-0.05, 0) is 31.6 Å². The van der Waals surface area contributed by atoms with Crippen molar-refractivity contribution in [3.05, 3.63) is 0 Å². The molecule has 96 valence electrons. The Hall–Kier alpha value is 0.270. The summed E-state index contributed by atoms with van der Waals surface area (Å²) in [5.74, 6) is 0.892. The third-order valence-electron chi connectivity index (χ3n) is 3.59. The summed E-state index contributed by atoms with van der Waals surface area (Å²) in [4.78, 5) is 0. The summed E-state index contributed by atoms with van der Waals surface area (Å²) in [6, 6.07) is 0.374. The minimum Gasteiger partial charge on any atom is -0.396 e. The van der Waals surface area contributed by atoms with Crippen molar-refractivity contribution in [2.24, 2.45) is 11.7 Å². The topological polar surface area (TPSA) is 46.2 Å². The molecule has 1 aliphatic rings. The average molecular weight is 245 g/mol. The van der Waals surface area contributed by atoms with Gasteiger partial charge in [-0.3, -0.25) is 0 Å². The van der Waals surface area contributed by atoms with Crippen molar-refractivity contribution in [3.63, 3.8) is 0 Å². The highest BCUT2D eigenvalue weighted by atomic mass is 32.2. The summed E-state index contributed by atoms with van der Waals surface area (Å²) in [7, 11) is 0. The van der Waals surface area contributed by atoms with Gasteiger partial charge >= 0.3 is 0 Å². The molecular weight excluding hydrogens is 218 g/mol. The molecule has 0 aromatic heterocycles. The molecule has 1 rings (SSSR count). The predicted molar refractivity (Wildman–Crippen MR) is 72.8 cm³/mol. The average Bonchev–Trinajstić information content (AvgIpc) is 2.24. The molecule has 2 nitrogen and oxygen atoms in total. The lowest BCUT2D eigenvalue weighted by Gasteiger charge is -2.35. The second kappa shape index (κ2) is 7.57. The molecule has 1 saturated carbocycles. The highest BCUT2D eigenvalue weighted by Crippen LogP contribution is 2.36. The Morgan fingerprint density at radius 2 is 2.19 bits per heavy atom. The Balaban J connectivity index is 2.36. The minimum absolute atomic E-state index is 0.300. The normalized spacial score (nSPS) is 32.6. The second-order valence-electron chi connectivity index (χ2n) is 5.13. The van der Waals surface area contributed by atoms with E-state index in [1.54, 1.807) is 0 Å². The van der Waals surface area contributed by atoms with Crippen LogP contribution in [0.4, 0.5) is 0 Å². The molecule has 0 amide bonds. The molecule has 0 saturated heterocycles. The molecule has 0 aliphatic heterocycles. The van der Waals surface area contributed by atoms with Gasteiger partial charge in [-0.2, -0.15) is 11.8 Å². The third kappa shape index (κ3) is 4.64. The van der Waals surface area contributed by atoms with Crippen LogP contribution in [0.25, 0.3) is 0 Å². The molecule has 3 N–H and O–H groups in total. The lowest BCUT2D eigenvalue weighted by molar-refractivity contribution is 0.287. The second-order valence-corrected chi connectivity index (χ2v) is 6.81. The molecule has 1 aliphatic carbocycles. The van der Waals surface area contributed by atoms with Crippen LogP contribution in [0.15, 0.2) is 0 Å². The summed E-state index contributed by atoms with van der Waals surface area (Å²) in [6.07, 6.45) is 7.35. The van der Waals surface area contributed by atoms with Crippen molar-refractivity contribution < 1.29 is 5.11 Å². The Labute approximate surface area is 104 Å². The standard InChI is InChI=1S/C13H27NOS/c1-3-4-11-5-6-12(14)13(9-11)16-10(2)7-8-15/h10-13,15H,3-9,14H2,1-2H3. The van der Waals surface area contributed by atoms with E-state index in [4.69, 9.17) is 10.8 Å². The summed E-state index contributed by atoms with van der Waals surface area (Å²) >= 11 is 2.00. The predicted octanol–water partition coefficient (Wildman–Crippen LogP) is 2.79. The molecule has 16 heavy (non-hydrogen) atoms. The van der Waals surface area contributed by atoms with Crippen molar-refractivity contribution in [2.75, 3.05) is 6.61 Å². The third-order valence-corrected chi connectivity index (χ3v) is 5.18. The van der Waals surface area contributed by atoms with Gasteiger partial charge in [0.2, 0.25) is 0 Å². The van der Waals surface area contributed by atoms with Gasteiger partial charge in [-0.25, -0.2) is 0 Å². The number of thioether (sulfide) groups is 1. The fourth-order valence-corrected chi connectivity index (χ4v) is 4.17. The molecular formula is C13H27NOS. The number of hydrogen-bond donors (Lipinski definition) is 2. The fourth-order valence-electron chi connectivity index (χ4n) is 2.61. The van der Waals surface area contributed by atoms with Crippen molar-refractivity contribution in [1.82, 2.24) is 0 Å². The summed E-state index contributed by atoms with van der Waals surface area (Å²) < 4.78 is 0. The van der Waals surface area contributed by atoms with Crippen LogP contribution in [0.2, 0.25) is 0 Å². The molecule has 0 spiro atoms. The Bertz CT molecular complexity index is 187. The van der Waals surface area contributed by atoms with E-state index in [0.717, 1.165) is 12.3 Å². The fraction of sp³-hybridized carbons (Fsp3) is 1.00. The molecule has 0 heterocycles. The Morgan fingerprint density at radius 3 is 2.81 bits per heavy atom. The lowest BCUT2D eigenvalue weighted by atomic mass is 9.83. The van der Waals surface area contributed by atoms with E-state index >= 15 is 0 Å². The van der Waals surface area contributed by atoms with Gasteiger partial charge in [-0.15, -0.1) is 0 Å².